The fourth-order valence-electron chi connectivity index (χ4n) is 3.39. The molecule has 0 N–H and O–H groups in total. The number of sulfonamides is 1. The van der Waals surface area contributed by atoms with Gasteiger partial charge in [-0.3, -0.25) is 4.79 Å². The van der Waals surface area contributed by atoms with Crippen molar-refractivity contribution in [1.82, 2.24) is 9.21 Å². The SMILES string of the molecule is CCOc1ccccc1CN(C)S(=O)(=O)c1ccc(OC)c(C(=O)N2CCOCC2)c1. The van der Waals surface area contributed by atoms with E-state index in [1.165, 1.54) is 36.7 Å². The Kier molecular flexibility index (Phi) is 7.53. The molecule has 0 spiro atoms. The van der Waals surface area contributed by atoms with Gasteiger partial charge in [-0.25, -0.2) is 8.42 Å². The Morgan fingerprint density at radius 3 is 2.52 bits per heavy atom. The lowest BCUT2D eigenvalue weighted by atomic mass is 10.1. The first-order valence-corrected chi connectivity index (χ1v) is 11.5. The highest BCUT2D eigenvalue weighted by Crippen LogP contribution is 2.27. The second kappa shape index (κ2) is 10.1. The van der Waals surface area contributed by atoms with Crippen LogP contribution in [-0.4, -0.2) is 70.6 Å². The first-order valence-electron chi connectivity index (χ1n) is 10.1. The Hall–Kier alpha value is -2.62. The van der Waals surface area contributed by atoms with Crippen LogP contribution in [0.25, 0.3) is 0 Å². The lowest BCUT2D eigenvalue weighted by Crippen LogP contribution is -2.40. The van der Waals surface area contributed by atoms with Gasteiger partial charge in [-0.15, -0.1) is 0 Å². The Morgan fingerprint density at radius 2 is 1.84 bits per heavy atom. The largest absolute Gasteiger partial charge is 0.496 e. The number of hydrogen-bond acceptors (Lipinski definition) is 6. The van der Waals surface area contributed by atoms with Crippen LogP contribution in [0.4, 0.5) is 0 Å². The van der Waals surface area contributed by atoms with Gasteiger partial charge in [0.1, 0.15) is 11.5 Å². The molecule has 168 valence electrons. The molecule has 0 unspecified atom stereocenters. The Morgan fingerprint density at radius 1 is 1.13 bits per heavy atom. The number of carbonyl (C=O) groups excluding carboxylic acids is 1. The van der Waals surface area contributed by atoms with Crippen molar-refractivity contribution in [2.24, 2.45) is 0 Å². The van der Waals surface area contributed by atoms with Crippen LogP contribution in [0, 0.1) is 0 Å². The minimum Gasteiger partial charge on any atom is -0.496 e. The maximum Gasteiger partial charge on any atom is 0.257 e. The fraction of sp³-hybridized carbons (Fsp3) is 0.409. The van der Waals surface area contributed by atoms with Gasteiger partial charge in [0.05, 0.1) is 37.4 Å². The maximum atomic E-state index is 13.3. The van der Waals surface area contributed by atoms with Crippen LogP contribution in [0.15, 0.2) is 47.4 Å². The normalized spacial score (nSPS) is 14.5. The molecule has 9 heteroatoms. The molecule has 1 heterocycles. The summed E-state index contributed by atoms with van der Waals surface area (Å²) in [5.74, 6) is 0.700. The smallest absolute Gasteiger partial charge is 0.257 e. The molecule has 1 aliphatic rings. The van der Waals surface area contributed by atoms with E-state index in [9.17, 15) is 13.2 Å². The summed E-state index contributed by atoms with van der Waals surface area (Å²) in [6.45, 7) is 4.31. The molecule has 0 radical (unpaired) electrons. The Balaban J connectivity index is 1.89. The van der Waals surface area contributed by atoms with Crippen LogP contribution < -0.4 is 9.47 Å². The number of benzene rings is 2. The van der Waals surface area contributed by atoms with Gasteiger partial charge in [0, 0.05) is 32.2 Å². The number of para-hydroxylation sites is 1. The molecule has 2 aromatic rings. The highest BCUT2D eigenvalue weighted by atomic mass is 32.2. The molecular formula is C22H28N2O6S. The zero-order chi connectivity index (χ0) is 22.4. The standard InChI is InChI=1S/C22H28N2O6S/c1-4-30-20-8-6-5-7-17(20)16-23(2)31(26,27)18-9-10-21(28-3)19(15-18)22(25)24-11-13-29-14-12-24/h5-10,15H,4,11-14,16H2,1-3H3. The number of ether oxygens (including phenoxy) is 3. The zero-order valence-corrected chi connectivity index (χ0v) is 18.9. The summed E-state index contributed by atoms with van der Waals surface area (Å²) in [5, 5.41) is 0. The van der Waals surface area contributed by atoms with Crippen LogP contribution >= 0.6 is 0 Å². The third-order valence-electron chi connectivity index (χ3n) is 5.07. The molecule has 0 aliphatic carbocycles. The summed E-state index contributed by atoms with van der Waals surface area (Å²) in [6.07, 6.45) is 0. The van der Waals surface area contributed by atoms with Crippen molar-refractivity contribution in [2.75, 3.05) is 47.1 Å². The van der Waals surface area contributed by atoms with Gasteiger partial charge in [0.2, 0.25) is 10.0 Å². The van der Waals surface area contributed by atoms with Gasteiger partial charge in [-0.05, 0) is 31.2 Å². The van der Waals surface area contributed by atoms with E-state index < -0.39 is 10.0 Å². The van der Waals surface area contributed by atoms with E-state index in [-0.39, 0.29) is 22.9 Å². The fourth-order valence-corrected chi connectivity index (χ4v) is 4.56. The molecule has 31 heavy (non-hydrogen) atoms. The summed E-state index contributed by atoms with van der Waals surface area (Å²) in [6, 6.07) is 11.7. The zero-order valence-electron chi connectivity index (χ0n) is 18.0. The quantitative estimate of drug-likeness (QED) is 0.617. The number of morpholine rings is 1. The predicted molar refractivity (Wildman–Crippen MR) is 116 cm³/mol. The van der Waals surface area contributed by atoms with Gasteiger partial charge < -0.3 is 19.1 Å². The third-order valence-corrected chi connectivity index (χ3v) is 6.87. The molecular weight excluding hydrogens is 420 g/mol. The van der Waals surface area contributed by atoms with E-state index in [1.807, 2.05) is 31.2 Å². The molecule has 2 aromatic carbocycles. The van der Waals surface area contributed by atoms with Gasteiger partial charge in [0.15, 0.2) is 0 Å². The molecule has 1 amide bonds. The molecule has 0 atom stereocenters. The number of nitrogens with zero attached hydrogens (tertiary/aromatic N) is 2. The first-order chi connectivity index (χ1) is 14.9. The Bertz CT molecular complexity index is 1020. The van der Waals surface area contributed by atoms with Gasteiger partial charge >= 0.3 is 0 Å². The van der Waals surface area contributed by atoms with E-state index in [4.69, 9.17) is 14.2 Å². The van der Waals surface area contributed by atoms with Gasteiger partial charge in [0.25, 0.3) is 5.91 Å². The lowest BCUT2D eigenvalue weighted by Gasteiger charge is -2.27. The topological polar surface area (TPSA) is 85.4 Å². The number of methoxy groups -OCH3 is 1. The lowest BCUT2D eigenvalue weighted by molar-refractivity contribution is 0.0300. The summed E-state index contributed by atoms with van der Waals surface area (Å²) < 4.78 is 44.0. The number of hydrogen-bond donors (Lipinski definition) is 0. The highest BCUT2D eigenvalue weighted by molar-refractivity contribution is 7.89. The summed E-state index contributed by atoms with van der Waals surface area (Å²) in [4.78, 5) is 14.7. The number of rotatable bonds is 8. The van der Waals surface area contributed by atoms with E-state index in [1.54, 1.807) is 4.90 Å². The third kappa shape index (κ3) is 5.17. The first kappa shape index (κ1) is 23.1. The van der Waals surface area contributed by atoms with E-state index >= 15 is 0 Å². The van der Waals surface area contributed by atoms with Crippen molar-refractivity contribution in [1.29, 1.82) is 0 Å². The van der Waals surface area contributed by atoms with Crippen molar-refractivity contribution in [3.8, 4) is 11.5 Å². The van der Waals surface area contributed by atoms with E-state index in [2.05, 4.69) is 0 Å². The van der Waals surface area contributed by atoms with Crippen LogP contribution in [0.1, 0.15) is 22.8 Å². The Labute approximate surface area is 183 Å². The number of carbonyl (C=O) groups is 1. The van der Waals surface area contributed by atoms with Crippen molar-refractivity contribution in [3.63, 3.8) is 0 Å². The molecule has 0 bridgehead atoms. The second-order valence-corrected chi connectivity index (χ2v) is 9.11. The second-order valence-electron chi connectivity index (χ2n) is 7.07. The van der Waals surface area contributed by atoms with Crippen LogP contribution in [-0.2, 0) is 21.3 Å². The molecule has 0 aromatic heterocycles. The molecule has 3 rings (SSSR count). The maximum absolute atomic E-state index is 13.3. The highest BCUT2D eigenvalue weighted by Gasteiger charge is 2.27. The van der Waals surface area contributed by atoms with Crippen molar-refractivity contribution >= 4 is 15.9 Å². The minimum atomic E-state index is -3.85. The molecule has 1 aliphatic heterocycles. The monoisotopic (exact) mass is 448 g/mol. The van der Waals surface area contributed by atoms with Crippen LogP contribution in [0.2, 0.25) is 0 Å². The van der Waals surface area contributed by atoms with Crippen LogP contribution in [0.3, 0.4) is 0 Å². The van der Waals surface area contributed by atoms with Crippen molar-refractivity contribution in [3.05, 3.63) is 53.6 Å². The average molecular weight is 449 g/mol. The van der Waals surface area contributed by atoms with Crippen molar-refractivity contribution in [2.45, 2.75) is 18.4 Å². The molecule has 8 nitrogen and oxygen atoms in total. The van der Waals surface area contributed by atoms with Crippen LogP contribution in [0.5, 0.6) is 11.5 Å². The average Bonchev–Trinajstić information content (AvgIpc) is 2.80. The van der Waals surface area contributed by atoms with Crippen molar-refractivity contribution < 1.29 is 27.4 Å². The molecule has 1 saturated heterocycles. The van der Waals surface area contributed by atoms with E-state index in [0.717, 1.165) is 5.56 Å². The summed E-state index contributed by atoms with van der Waals surface area (Å²) in [5.41, 5.74) is 0.974. The molecule has 1 fully saturated rings. The van der Waals surface area contributed by atoms with Gasteiger partial charge in [-0.1, -0.05) is 18.2 Å². The summed E-state index contributed by atoms with van der Waals surface area (Å²) in [7, 11) is -0.893. The van der Waals surface area contributed by atoms with Gasteiger partial charge in [-0.2, -0.15) is 4.31 Å². The van der Waals surface area contributed by atoms with E-state index in [0.29, 0.717) is 44.4 Å². The minimum absolute atomic E-state index is 0.0290. The number of amides is 1. The molecule has 0 saturated carbocycles. The predicted octanol–water partition coefficient (Wildman–Crippen LogP) is 2.39. The summed E-state index contributed by atoms with van der Waals surface area (Å²) >= 11 is 0.